The van der Waals surface area contributed by atoms with Crippen LogP contribution in [0.15, 0.2) is 30.6 Å². The van der Waals surface area contributed by atoms with Gasteiger partial charge in [0.2, 0.25) is 0 Å². The zero-order chi connectivity index (χ0) is 21.7. The van der Waals surface area contributed by atoms with Crippen molar-refractivity contribution in [3.05, 3.63) is 47.4 Å². The third-order valence-electron chi connectivity index (χ3n) is 8.43. The first-order valence-electron chi connectivity index (χ1n) is 12.1. The summed E-state index contributed by atoms with van der Waals surface area (Å²) in [4.78, 5) is 24.1. The first kappa shape index (κ1) is 20.0. The van der Waals surface area contributed by atoms with Gasteiger partial charge in [-0.3, -0.25) is 4.79 Å². The summed E-state index contributed by atoms with van der Waals surface area (Å²) in [6.07, 6.45) is 11.0. The number of ether oxygens (including phenoxy) is 1. The number of nitrogens with one attached hydrogen (secondary N) is 1. The largest absolute Gasteiger partial charge is 0.497 e. The molecule has 32 heavy (non-hydrogen) atoms. The molecule has 0 unspecified atom stereocenters. The van der Waals surface area contributed by atoms with Crippen molar-refractivity contribution in [3.63, 3.8) is 0 Å². The summed E-state index contributed by atoms with van der Waals surface area (Å²) < 4.78 is 5.20. The van der Waals surface area contributed by atoms with Crippen molar-refractivity contribution >= 4 is 11.7 Å². The summed E-state index contributed by atoms with van der Waals surface area (Å²) in [6.45, 7) is 2.26. The Morgan fingerprint density at radius 2 is 1.78 bits per heavy atom. The van der Waals surface area contributed by atoms with Crippen molar-refractivity contribution in [3.8, 4) is 5.75 Å². The number of amides is 1. The highest BCUT2D eigenvalue weighted by Crippen LogP contribution is 2.59. The standard InChI is InChI=1S/C26H32N4O2/c1-32-21-4-2-20(3-5-21)25(31)30-7-6-22-23(14-30)28-16-29-24(22)27-15-26-11-17-8-18(12-26)10-19(9-17)13-26/h2-5,16-19H,6-15H2,1H3,(H,27,28,29). The molecule has 1 aromatic carbocycles. The third kappa shape index (κ3) is 3.54. The molecule has 4 bridgehead atoms. The topological polar surface area (TPSA) is 67.3 Å². The van der Waals surface area contributed by atoms with Gasteiger partial charge >= 0.3 is 0 Å². The number of rotatable bonds is 5. The molecule has 5 aliphatic rings. The molecule has 6 nitrogen and oxygen atoms in total. The Morgan fingerprint density at radius 3 is 2.44 bits per heavy atom. The minimum atomic E-state index is 0.0417. The van der Waals surface area contributed by atoms with Gasteiger partial charge in [-0.2, -0.15) is 0 Å². The minimum absolute atomic E-state index is 0.0417. The van der Waals surface area contributed by atoms with Crippen LogP contribution in [0.5, 0.6) is 5.75 Å². The lowest BCUT2D eigenvalue weighted by atomic mass is 9.49. The second-order valence-electron chi connectivity index (χ2n) is 10.6. The highest BCUT2D eigenvalue weighted by atomic mass is 16.5. The van der Waals surface area contributed by atoms with Crippen LogP contribution >= 0.6 is 0 Å². The van der Waals surface area contributed by atoms with E-state index in [1.807, 2.05) is 29.2 Å². The van der Waals surface area contributed by atoms with Crippen molar-refractivity contribution in [2.24, 2.45) is 23.2 Å². The Morgan fingerprint density at radius 1 is 1.09 bits per heavy atom. The van der Waals surface area contributed by atoms with Crippen molar-refractivity contribution in [1.29, 1.82) is 0 Å². The van der Waals surface area contributed by atoms with Gasteiger partial charge in [0, 0.05) is 24.2 Å². The molecule has 1 amide bonds. The zero-order valence-corrected chi connectivity index (χ0v) is 18.8. The van der Waals surface area contributed by atoms with Gasteiger partial charge in [0.05, 0.1) is 19.3 Å². The van der Waals surface area contributed by atoms with E-state index in [4.69, 9.17) is 4.74 Å². The third-order valence-corrected chi connectivity index (χ3v) is 8.43. The minimum Gasteiger partial charge on any atom is -0.497 e. The molecular formula is C26H32N4O2. The molecule has 7 rings (SSSR count). The molecule has 2 heterocycles. The van der Waals surface area contributed by atoms with E-state index in [0.29, 0.717) is 24.1 Å². The maximum absolute atomic E-state index is 13.0. The van der Waals surface area contributed by atoms with Crippen molar-refractivity contribution in [1.82, 2.24) is 14.9 Å². The second-order valence-corrected chi connectivity index (χ2v) is 10.6. The van der Waals surface area contributed by atoms with Gasteiger partial charge in [-0.15, -0.1) is 0 Å². The van der Waals surface area contributed by atoms with E-state index in [1.54, 1.807) is 13.4 Å². The normalized spacial score (nSPS) is 30.2. The van der Waals surface area contributed by atoms with Crippen LogP contribution in [0.1, 0.15) is 60.1 Å². The average molecular weight is 433 g/mol. The second kappa shape index (κ2) is 7.75. The number of carbonyl (C=O) groups is 1. The molecule has 1 aliphatic heterocycles. The zero-order valence-electron chi connectivity index (χ0n) is 18.8. The molecule has 4 aliphatic carbocycles. The van der Waals surface area contributed by atoms with Crippen LogP contribution in [0.4, 0.5) is 5.82 Å². The monoisotopic (exact) mass is 432 g/mol. The lowest BCUT2D eigenvalue weighted by Gasteiger charge is -2.57. The van der Waals surface area contributed by atoms with E-state index in [0.717, 1.165) is 48.0 Å². The number of anilines is 1. The van der Waals surface area contributed by atoms with E-state index < -0.39 is 0 Å². The maximum Gasteiger partial charge on any atom is 0.254 e. The van der Waals surface area contributed by atoms with E-state index in [1.165, 1.54) is 44.1 Å². The fourth-order valence-electron chi connectivity index (χ4n) is 7.37. The first-order chi connectivity index (χ1) is 15.6. The molecule has 1 aromatic heterocycles. The van der Waals surface area contributed by atoms with Crippen LogP contribution in [0, 0.1) is 23.2 Å². The van der Waals surface area contributed by atoms with Gasteiger partial charge in [0.15, 0.2) is 0 Å². The fraction of sp³-hybridized carbons (Fsp3) is 0.577. The van der Waals surface area contributed by atoms with Crippen molar-refractivity contribution in [2.45, 2.75) is 51.5 Å². The number of hydrogen-bond donors (Lipinski definition) is 1. The first-order valence-corrected chi connectivity index (χ1v) is 12.1. The van der Waals surface area contributed by atoms with Crippen LogP contribution < -0.4 is 10.1 Å². The Labute approximate surface area is 189 Å². The van der Waals surface area contributed by atoms with E-state index in [9.17, 15) is 4.79 Å². The van der Waals surface area contributed by atoms with Crippen molar-refractivity contribution in [2.75, 3.05) is 25.5 Å². The van der Waals surface area contributed by atoms with Crippen LogP contribution in [0.3, 0.4) is 0 Å². The van der Waals surface area contributed by atoms with Gasteiger partial charge in [0.25, 0.3) is 5.91 Å². The van der Waals surface area contributed by atoms with Gasteiger partial charge in [-0.25, -0.2) is 9.97 Å². The van der Waals surface area contributed by atoms with E-state index in [2.05, 4.69) is 15.3 Å². The summed E-state index contributed by atoms with van der Waals surface area (Å²) in [5, 5.41) is 3.75. The lowest BCUT2D eigenvalue weighted by Crippen LogP contribution is -2.49. The molecule has 0 atom stereocenters. The van der Waals surface area contributed by atoms with Crippen LogP contribution in [0.25, 0.3) is 0 Å². The SMILES string of the molecule is COc1ccc(C(=O)N2CCc3c(ncnc3NCC34CC5CC(CC(C5)C3)C4)C2)cc1. The number of aromatic nitrogens is 2. The number of methoxy groups -OCH3 is 1. The highest BCUT2D eigenvalue weighted by molar-refractivity contribution is 5.94. The number of benzene rings is 1. The van der Waals surface area contributed by atoms with Crippen LogP contribution in [-0.4, -0.2) is 41.0 Å². The number of carbonyl (C=O) groups excluding carboxylic acids is 1. The molecule has 2 aromatic rings. The molecule has 4 saturated carbocycles. The maximum atomic E-state index is 13.0. The molecular weight excluding hydrogens is 400 g/mol. The molecule has 6 heteroatoms. The quantitative estimate of drug-likeness (QED) is 0.763. The molecule has 0 saturated heterocycles. The summed E-state index contributed by atoms with van der Waals surface area (Å²) in [5.41, 5.74) is 3.32. The predicted molar refractivity (Wildman–Crippen MR) is 123 cm³/mol. The smallest absolute Gasteiger partial charge is 0.254 e. The summed E-state index contributed by atoms with van der Waals surface area (Å²) in [7, 11) is 1.63. The summed E-state index contributed by atoms with van der Waals surface area (Å²) in [6, 6.07) is 7.32. The van der Waals surface area contributed by atoms with Crippen molar-refractivity contribution < 1.29 is 9.53 Å². The highest BCUT2D eigenvalue weighted by Gasteiger charge is 2.50. The average Bonchev–Trinajstić information content (AvgIpc) is 2.81. The van der Waals surface area contributed by atoms with E-state index in [-0.39, 0.29) is 5.91 Å². The molecule has 0 radical (unpaired) electrons. The molecule has 4 fully saturated rings. The number of nitrogens with zero attached hydrogens (tertiary/aromatic N) is 3. The number of fused-ring (bicyclic) bond motifs is 1. The molecule has 0 spiro atoms. The lowest BCUT2D eigenvalue weighted by molar-refractivity contribution is -0.0444. The molecule has 1 N–H and O–H groups in total. The van der Waals surface area contributed by atoms with Gasteiger partial charge < -0.3 is 15.0 Å². The summed E-state index contributed by atoms with van der Waals surface area (Å²) in [5.74, 6) is 4.66. The van der Waals surface area contributed by atoms with Crippen LogP contribution in [0.2, 0.25) is 0 Å². The fourth-order valence-corrected chi connectivity index (χ4v) is 7.37. The summed E-state index contributed by atoms with van der Waals surface area (Å²) >= 11 is 0. The molecule has 168 valence electrons. The van der Waals surface area contributed by atoms with Gasteiger partial charge in [0.1, 0.15) is 17.9 Å². The number of hydrogen-bond acceptors (Lipinski definition) is 5. The van der Waals surface area contributed by atoms with Gasteiger partial charge in [-0.05, 0) is 92.4 Å². The Bertz CT molecular complexity index is 984. The Balaban J connectivity index is 1.15. The van der Waals surface area contributed by atoms with E-state index >= 15 is 0 Å². The predicted octanol–water partition coefficient (Wildman–Crippen LogP) is 4.31. The Hall–Kier alpha value is -2.63. The van der Waals surface area contributed by atoms with Crippen LogP contribution in [-0.2, 0) is 13.0 Å². The van der Waals surface area contributed by atoms with Gasteiger partial charge in [-0.1, -0.05) is 0 Å². The Kier molecular flexibility index (Phi) is 4.85.